The molecule has 1 heterocycles. The van der Waals surface area contributed by atoms with Crippen molar-refractivity contribution in [1.29, 1.82) is 5.26 Å². The van der Waals surface area contributed by atoms with Crippen LogP contribution in [0, 0.1) is 18.3 Å². The van der Waals surface area contributed by atoms with E-state index in [0.29, 0.717) is 27.4 Å². The van der Waals surface area contributed by atoms with E-state index in [9.17, 15) is 18.4 Å². The first-order valence-corrected chi connectivity index (χ1v) is 8.24. The first kappa shape index (κ1) is 18.7. The first-order chi connectivity index (χ1) is 12.7. The number of aromatic nitrogens is 1. The van der Waals surface area contributed by atoms with Gasteiger partial charge in [0.15, 0.2) is 0 Å². The van der Waals surface area contributed by atoms with E-state index in [-0.39, 0.29) is 16.9 Å². The molecule has 0 spiro atoms. The lowest BCUT2D eigenvalue weighted by Gasteiger charge is -2.16. The van der Waals surface area contributed by atoms with Crippen LogP contribution in [0.15, 0.2) is 48.5 Å². The van der Waals surface area contributed by atoms with E-state index < -0.39 is 11.7 Å². The Labute approximate surface area is 158 Å². The van der Waals surface area contributed by atoms with Gasteiger partial charge in [-0.25, -0.2) is 4.98 Å². The first-order valence-electron chi connectivity index (χ1n) is 7.86. The lowest BCUT2D eigenvalue weighted by atomic mass is 9.92. The molecule has 0 bridgehead atoms. The zero-order valence-corrected chi connectivity index (χ0v) is 14.9. The van der Waals surface area contributed by atoms with Crippen molar-refractivity contribution in [2.75, 3.05) is 5.73 Å². The Bertz CT molecular complexity index is 1050. The minimum atomic E-state index is -4.49. The Morgan fingerprint density at radius 2 is 1.74 bits per heavy atom. The van der Waals surface area contributed by atoms with Crippen LogP contribution in [-0.4, -0.2) is 4.98 Å². The molecule has 27 heavy (non-hydrogen) atoms. The van der Waals surface area contributed by atoms with Crippen molar-refractivity contribution in [2.45, 2.75) is 13.1 Å². The van der Waals surface area contributed by atoms with Crippen LogP contribution in [0.2, 0.25) is 5.02 Å². The molecule has 0 aliphatic rings. The Morgan fingerprint density at radius 1 is 1.07 bits per heavy atom. The second-order valence-electron chi connectivity index (χ2n) is 5.92. The van der Waals surface area contributed by atoms with Gasteiger partial charge in [0, 0.05) is 16.1 Å². The molecule has 2 N–H and O–H groups in total. The highest BCUT2D eigenvalue weighted by molar-refractivity contribution is 6.30. The Morgan fingerprint density at radius 3 is 2.33 bits per heavy atom. The largest absolute Gasteiger partial charge is 0.416 e. The number of hydrogen-bond acceptors (Lipinski definition) is 3. The smallest absolute Gasteiger partial charge is 0.383 e. The minimum Gasteiger partial charge on any atom is -0.383 e. The van der Waals surface area contributed by atoms with E-state index in [0.717, 1.165) is 12.1 Å². The lowest BCUT2D eigenvalue weighted by molar-refractivity contribution is -0.137. The second kappa shape index (κ2) is 6.93. The van der Waals surface area contributed by atoms with Crippen molar-refractivity contribution in [3.63, 3.8) is 0 Å². The number of nitrogens with zero attached hydrogens (tertiary/aromatic N) is 2. The quantitative estimate of drug-likeness (QED) is 0.599. The van der Waals surface area contributed by atoms with Gasteiger partial charge in [0.1, 0.15) is 17.5 Å². The van der Waals surface area contributed by atoms with Crippen LogP contribution in [0.25, 0.3) is 22.4 Å². The summed E-state index contributed by atoms with van der Waals surface area (Å²) in [5.74, 6) is -0.0412. The van der Waals surface area contributed by atoms with E-state index >= 15 is 0 Å². The van der Waals surface area contributed by atoms with Crippen LogP contribution in [-0.2, 0) is 6.18 Å². The molecule has 0 fully saturated rings. The van der Waals surface area contributed by atoms with Crippen LogP contribution < -0.4 is 5.73 Å². The molecule has 136 valence electrons. The van der Waals surface area contributed by atoms with Gasteiger partial charge in [-0.15, -0.1) is 0 Å². The van der Waals surface area contributed by atoms with E-state index in [1.54, 1.807) is 31.2 Å². The molecule has 0 saturated heterocycles. The van der Waals surface area contributed by atoms with Crippen molar-refractivity contribution in [2.24, 2.45) is 0 Å². The molecule has 0 aliphatic carbocycles. The van der Waals surface area contributed by atoms with Crippen LogP contribution >= 0.6 is 11.6 Å². The molecule has 0 unspecified atom stereocenters. The molecule has 0 radical (unpaired) electrons. The highest BCUT2D eigenvalue weighted by Gasteiger charge is 2.31. The molecule has 0 atom stereocenters. The Balaban J connectivity index is 2.29. The standard InChI is InChI=1S/C20H13ClF3N3/c1-11-17(13-3-2-4-14(9-13)20(22,23)24)16(10-25)19(26)27-18(11)12-5-7-15(21)8-6-12/h2-9H,1H3,(H2,26,27). The third-order valence-corrected chi connectivity index (χ3v) is 4.43. The fourth-order valence-corrected chi connectivity index (χ4v) is 3.03. The Hall–Kier alpha value is -3.04. The number of benzene rings is 2. The van der Waals surface area contributed by atoms with Gasteiger partial charge >= 0.3 is 6.18 Å². The maximum atomic E-state index is 13.1. The molecular weight excluding hydrogens is 375 g/mol. The van der Waals surface area contributed by atoms with Crippen LogP contribution in [0.5, 0.6) is 0 Å². The summed E-state index contributed by atoms with van der Waals surface area (Å²) in [6.07, 6.45) is -4.49. The predicted molar refractivity (Wildman–Crippen MR) is 99.0 cm³/mol. The molecule has 7 heteroatoms. The fraction of sp³-hybridized carbons (Fsp3) is 0.100. The molecule has 1 aromatic heterocycles. The third kappa shape index (κ3) is 3.60. The van der Waals surface area contributed by atoms with Crippen molar-refractivity contribution in [1.82, 2.24) is 4.98 Å². The molecule has 2 aromatic carbocycles. The molecule has 0 aliphatic heterocycles. The van der Waals surface area contributed by atoms with Gasteiger partial charge in [-0.2, -0.15) is 18.4 Å². The van der Waals surface area contributed by atoms with Gasteiger partial charge in [0.25, 0.3) is 0 Å². The molecule has 3 aromatic rings. The number of hydrogen-bond donors (Lipinski definition) is 1. The second-order valence-corrected chi connectivity index (χ2v) is 6.35. The van der Waals surface area contributed by atoms with E-state index in [4.69, 9.17) is 17.3 Å². The SMILES string of the molecule is Cc1c(-c2ccc(Cl)cc2)nc(N)c(C#N)c1-c1cccc(C(F)(F)F)c1. The van der Waals surface area contributed by atoms with E-state index in [2.05, 4.69) is 4.98 Å². The summed E-state index contributed by atoms with van der Waals surface area (Å²) in [6, 6.07) is 13.6. The number of halogens is 4. The molecule has 3 nitrogen and oxygen atoms in total. The van der Waals surface area contributed by atoms with Crippen LogP contribution in [0.1, 0.15) is 16.7 Å². The molecule has 0 saturated carbocycles. The fourth-order valence-electron chi connectivity index (χ4n) is 2.91. The average Bonchev–Trinajstić information content (AvgIpc) is 2.63. The topological polar surface area (TPSA) is 62.7 Å². The summed E-state index contributed by atoms with van der Waals surface area (Å²) in [6.45, 7) is 1.70. The van der Waals surface area contributed by atoms with Gasteiger partial charge in [-0.3, -0.25) is 0 Å². The summed E-state index contributed by atoms with van der Waals surface area (Å²) in [5.41, 5.74) is 7.52. The summed E-state index contributed by atoms with van der Waals surface area (Å²) in [7, 11) is 0. The summed E-state index contributed by atoms with van der Waals surface area (Å²) < 4.78 is 39.3. The maximum Gasteiger partial charge on any atom is 0.416 e. The van der Waals surface area contributed by atoms with Gasteiger partial charge < -0.3 is 5.73 Å². The van der Waals surface area contributed by atoms with E-state index in [1.807, 2.05) is 6.07 Å². The third-order valence-electron chi connectivity index (χ3n) is 4.18. The monoisotopic (exact) mass is 387 g/mol. The number of anilines is 1. The number of alkyl halides is 3. The van der Waals surface area contributed by atoms with E-state index in [1.165, 1.54) is 12.1 Å². The minimum absolute atomic E-state index is 0.0412. The normalized spacial score (nSPS) is 11.3. The molecule has 0 amide bonds. The van der Waals surface area contributed by atoms with Gasteiger partial charge in [-0.05, 0) is 42.3 Å². The van der Waals surface area contributed by atoms with Gasteiger partial charge in [0.05, 0.1) is 11.3 Å². The number of nitriles is 1. The highest BCUT2D eigenvalue weighted by atomic mass is 35.5. The van der Waals surface area contributed by atoms with Gasteiger partial charge in [0.2, 0.25) is 0 Å². The number of rotatable bonds is 2. The van der Waals surface area contributed by atoms with Crippen molar-refractivity contribution in [3.05, 3.63) is 70.2 Å². The number of nitrogen functional groups attached to an aromatic ring is 1. The lowest BCUT2D eigenvalue weighted by Crippen LogP contribution is -2.06. The van der Waals surface area contributed by atoms with Crippen molar-refractivity contribution < 1.29 is 13.2 Å². The summed E-state index contributed by atoms with van der Waals surface area (Å²) in [4.78, 5) is 4.29. The number of nitrogens with two attached hydrogens (primary N) is 1. The maximum absolute atomic E-state index is 13.1. The van der Waals surface area contributed by atoms with Crippen molar-refractivity contribution in [3.8, 4) is 28.5 Å². The molecule has 3 rings (SSSR count). The zero-order chi connectivity index (χ0) is 19.8. The molecular formula is C20H13ClF3N3. The zero-order valence-electron chi connectivity index (χ0n) is 14.1. The summed E-state index contributed by atoms with van der Waals surface area (Å²) in [5, 5.41) is 10.0. The summed E-state index contributed by atoms with van der Waals surface area (Å²) >= 11 is 5.91. The van der Waals surface area contributed by atoms with Crippen LogP contribution in [0.4, 0.5) is 19.0 Å². The number of pyridine rings is 1. The average molecular weight is 388 g/mol. The van der Waals surface area contributed by atoms with Gasteiger partial charge in [-0.1, -0.05) is 35.9 Å². The predicted octanol–water partition coefficient (Wildman–Crippen LogP) is 5.85. The highest BCUT2D eigenvalue weighted by Crippen LogP contribution is 2.38. The van der Waals surface area contributed by atoms with Crippen LogP contribution in [0.3, 0.4) is 0 Å². The van der Waals surface area contributed by atoms with Crippen molar-refractivity contribution >= 4 is 17.4 Å². The Kier molecular flexibility index (Phi) is 4.81.